The van der Waals surface area contributed by atoms with Crippen molar-refractivity contribution in [2.24, 2.45) is 0 Å². The zero-order valence-corrected chi connectivity index (χ0v) is 17.8. The van der Waals surface area contributed by atoms with Gasteiger partial charge in [-0.3, -0.25) is 4.90 Å². The largest absolute Gasteiger partial charge is 0.468 e. The summed E-state index contributed by atoms with van der Waals surface area (Å²) in [4.78, 5) is 18.4. The molecule has 3 heterocycles. The molecule has 31 heavy (non-hydrogen) atoms. The van der Waals surface area contributed by atoms with Crippen LogP contribution in [0.3, 0.4) is 0 Å². The molecule has 1 amide bonds. The van der Waals surface area contributed by atoms with Crippen LogP contribution in [0.25, 0.3) is 0 Å². The molecule has 0 saturated carbocycles. The molecule has 8 nitrogen and oxygen atoms in total. The predicted octanol–water partition coefficient (Wildman–Crippen LogP) is 3.02. The molecule has 1 aromatic carbocycles. The van der Waals surface area contributed by atoms with Gasteiger partial charge in [-0.2, -0.15) is 0 Å². The highest BCUT2D eigenvalue weighted by Crippen LogP contribution is 2.36. The summed E-state index contributed by atoms with van der Waals surface area (Å²) in [6, 6.07) is 15.2. The Hall–Kier alpha value is -2.68. The van der Waals surface area contributed by atoms with Crippen LogP contribution in [0.5, 0.6) is 5.88 Å². The lowest BCUT2D eigenvalue weighted by Crippen LogP contribution is -2.55. The number of benzene rings is 1. The Bertz CT molecular complexity index is 846. The van der Waals surface area contributed by atoms with Gasteiger partial charge in [0, 0.05) is 18.7 Å². The minimum absolute atomic E-state index is 0.113. The van der Waals surface area contributed by atoms with Gasteiger partial charge in [0.2, 0.25) is 5.88 Å². The second kappa shape index (κ2) is 9.64. The van der Waals surface area contributed by atoms with Crippen LogP contribution < -0.4 is 4.74 Å². The van der Waals surface area contributed by atoms with Gasteiger partial charge in [0.15, 0.2) is 6.29 Å². The molecule has 0 N–H and O–H groups in total. The first-order valence-electron chi connectivity index (χ1n) is 10.4. The molecule has 0 aliphatic carbocycles. The minimum Gasteiger partial charge on any atom is -0.468 e. The number of aromatic nitrogens is 1. The van der Waals surface area contributed by atoms with E-state index < -0.39 is 24.1 Å². The Kier molecular flexibility index (Phi) is 6.70. The molecule has 2 saturated heterocycles. The highest BCUT2D eigenvalue weighted by Gasteiger charge is 2.52. The highest BCUT2D eigenvalue weighted by molar-refractivity contribution is 5.68. The fourth-order valence-corrected chi connectivity index (χ4v) is 4.21. The first-order valence-corrected chi connectivity index (χ1v) is 10.4. The number of hydrogen-bond acceptors (Lipinski definition) is 7. The Balaban J connectivity index is 1.65. The molecule has 0 bridgehead atoms. The third kappa shape index (κ3) is 4.98. The number of amides is 1. The van der Waals surface area contributed by atoms with E-state index in [1.165, 1.54) is 7.11 Å². The van der Waals surface area contributed by atoms with Crippen LogP contribution in [0.2, 0.25) is 0 Å². The van der Waals surface area contributed by atoms with Gasteiger partial charge in [0.25, 0.3) is 0 Å². The summed E-state index contributed by atoms with van der Waals surface area (Å²) in [5.41, 5.74) is 0.219. The summed E-state index contributed by atoms with van der Waals surface area (Å²) in [5.74, 6) is 0.474. The van der Waals surface area contributed by atoms with Crippen LogP contribution in [0.15, 0.2) is 54.7 Å². The second-order valence-electron chi connectivity index (χ2n) is 7.87. The topological polar surface area (TPSA) is 79.4 Å². The van der Waals surface area contributed by atoms with Crippen molar-refractivity contribution < 1.29 is 28.5 Å². The number of ether oxygens (including phenoxy) is 5. The first-order chi connectivity index (χ1) is 15.1. The van der Waals surface area contributed by atoms with Crippen LogP contribution in [0.4, 0.5) is 4.79 Å². The fourth-order valence-electron chi connectivity index (χ4n) is 4.21. The highest BCUT2D eigenvalue weighted by atomic mass is 16.7. The molecule has 1 aromatic heterocycles. The van der Waals surface area contributed by atoms with Crippen molar-refractivity contribution >= 4 is 6.09 Å². The van der Waals surface area contributed by atoms with E-state index in [0.29, 0.717) is 31.9 Å². The third-order valence-corrected chi connectivity index (χ3v) is 5.68. The van der Waals surface area contributed by atoms with Gasteiger partial charge < -0.3 is 23.7 Å². The van der Waals surface area contributed by atoms with E-state index in [9.17, 15) is 4.79 Å². The standard InChI is InChI=1S/C23H28N2O6/c1-23(15-20-28-12-13-29-20,31-19-10-6-7-11-24-19)21-18(14-17-8-4-3-5-9-17)25(16-30-21)22(26)27-2/h3-11,18,20-21H,12-16H2,1-2H3. The van der Waals surface area contributed by atoms with Gasteiger partial charge >= 0.3 is 6.09 Å². The molecule has 4 rings (SSSR count). The molecule has 2 aliphatic heterocycles. The molecular formula is C23H28N2O6. The Morgan fingerprint density at radius 3 is 2.55 bits per heavy atom. The van der Waals surface area contributed by atoms with E-state index >= 15 is 0 Å². The number of carbonyl (C=O) groups is 1. The van der Waals surface area contributed by atoms with E-state index in [0.717, 1.165) is 5.56 Å². The van der Waals surface area contributed by atoms with Gasteiger partial charge in [-0.1, -0.05) is 36.4 Å². The number of pyridine rings is 1. The Labute approximate surface area is 182 Å². The zero-order chi connectivity index (χ0) is 21.7. The van der Waals surface area contributed by atoms with E-state index in [2.05, 4.69) is 4.98 Å². The lowest BCUT2D eigenvalue weighted by molar-refractivity contribution is -0.131. The van der Waals surface area contributed by atoms with E-state index in [1.807, 2.05) is 49.4 Å². The van der Waals surface area contributed by atoms with Crippen LogP contribution in [-0.4, -0.2) is 67.1 Å². The summed E-state index contributed by atoms with van der Waals surface area (Å²) in [7, 11) is 1.37. The first kappa shape index (κ1) is 21.5. The SMILES string of the molecule is COC(=O)N1COC(C(C)(CC2OCCO2)Oc2ccccn2)C1Cc1ccccc1. The third-order valence-electron chi connectivity index (χ3n) is 5.68. The smallest absolute Gasteiger partial charge is 0.411 e. The van der Waals surface area contributed by atoms with Crippen molar-refractivity contribution in [2.45, 2.75) is 43.8 Å². The maximum absolute atomic E-state index is 12.5. The number of methoxy groups -OCH3 is 1. The summed E-state index contributed by atoms with van der Waals surface area (Å²) in [6.07, 6.45) is 1.39. The summed E-state index contributed by atoms with van der Waals surface area (Å²) < 4.78 is 29.0. The Morgan fingerprint density at radius 1 is 1.13 bits per heavy atom. The lowest BCUT2D eigenvalue weighted by atomic mass is 9.86. The van der Waals surface area contributed by atoms with Gasteiger partial charge in [0.05, 0.1) is 26.4 Å². The zero-order valence-electron chi connectivity index (χ0n) is 17.8. The maximum Gasteiger partial charge on any atom is 0.411 e. The van der Waals surface area contributed by atoms with E-state index in [-0.39, 0.29) is 12.8 Å². The maximum atomic E-state index is 12.5. The monoisotopic (exact) mass is 428 g/mol. The number of hydrogen-bond donors (Lipinski definition) is 0. The average Bonchev–Trinajstić information content (AvgIpc) is 3.45. The average molecular weight is 428 g/mol. The van der Waals surface area contributed by atoms with Crippen LogP contribution >= 0.6 is 0 Å². The van der Waals surface area contributed by atoms with Crippen molar-refractivity contribution in [3.05, 3.63) is 60.3 Å². The van der Waals surface area contributed by atoms with Crippen molar-refractivity contribution in [3.8, 4) is 5.88 Å². The molecule has 3 unspecified atom stereocenters. The quantitative estimate of drug-likeness (QED) is 0.671. The number of carbonyl (C=O) groups excluding carboxylic acids is 1. The molecule has 2 aliphatic rings. The Morgan fingerprint density at radius 2 is 1.87 bits per heavy atom. The molecular weight excluding hydrogens is 400 g/mol. The van der Waals surface area contributed by atoms with Gasteiger partial charge in [-0.15, -0.1) is 0 Å². The van der Waals surface area contributed by atoms with Gasteiger partial charge in [0.1, 0.15) is 18.4 Å². The number of rotatable bonds is 7. The molecule has 0 radical (unpaired) electrons. The molecule has 2 fully saturated rings. The normalized spacial score (nSPS) is 23.5. The molecule has 0 spiro atoms. The minimum atomic E-state index is -0.869. The van der Waals surface area contributed by atoms with Crippen molar-refractivity contribution in [3.63, 3.8) is 0 Å². The van der Waals surface area contributed by atoms with E-state index in [4.69, 9.17) is 23.7 Å². The van der Waals surface area contributed by atoms with Crippen LogP contribution in [0, 0.1) is 0 Å². The molecule has 2 aromatic rings. The lowest BCUT2D eigenvalue weighted by Gasteiger charge is -2.39. The summed E-state index contributed by atoms with van der Waals surface area (Å²) in [6.45, 7) is 3.15. The predicted molar refractivity (Wildman–Crippen MR) is 111 cm³/mol. The van der Waals surface area contributed by atoms with Crippen molar-refractivity contribution in [2.75, 3.05) is 27.1 Å². The van der Waals surface area contributed by atoms with Crippen LogP contribution in [-0.2, 0) is 25.4 Å². The molecule has 3 atom stereocenters. The van der Waals surface area contributed by atoms with Gasteiger partial charge in [-0.25, -0.2) is 9.78 Å². The summed E-state index contributed by atoms with van der Waals surface area (Å²) >= 11 is 0. The van der Waals surface area contributed by atoms with Gasteiger partial charge in [-0.05, 0) is 25.0 Å². The molecule has 166 valence electrons. The van der Waals surface area contributed by atoms with Crippen LogP contribution in [0.1, 0.15) is 18.9 Å². The fraction of sp³-hybridized carbons (Fsp3) is 0.478. The van der Waals surface area contributed by atoms with E-state index in [1.54, 1.807) is 17.2 Å². The van der Waals surface area contributed by atoms with Crippen molar-refractivity contribution in [1.82, 2.24) is 9.88 Å². The number of nitrogens with zero attached hydrogens (tertiary/aromatic N) is 2. The molecule has 8 heteroatoms. The second-order valence-corrected chi connectivity index (χ2v) is 7.87. The van der Waals surface area contributed by atoms with Crippen molar-refractivity contribution in [1.29, 1.82) is 0 Å². The summed E-state index contributed by atoms with van der Waals surface area (Å²) in [5, 5.41) is 0.